The first-order chi connectivity index (χ1) is 11.2. The number of aliphatic imine (C=N–C) groups is 1. The Bertz CT molecular complexity index is 839. The van der Waals surface area contributed by atoms with Crippen molar-refractivity contribution in [3.63, 3.8) is 0 Å². The topological polar surface area (TPSA) is 29.4 Å². The van der Waals surface area contributed by atoms with Crippen LogP contribution < -0.4 is 0 Å². The van der Waals surface area contributed by atoms with E-state index in [1.54, 1.807) is 24.4 Å². The first kappa shape index (κ1) is 15.3. The van der Waals surface area contributed by atoms with E-state index in [0.717, 1.165) is 16.9 Å². The van der Waals surface area contributed by atoms with Crippen molar-refractivity contribution >= 4 is 29.0 Å². The summed E-state index contributed by atoms with van der Waals surface area (Å²) in [6.07, 6.45) is 1.92. The summed E-state index contributed by atoms with van der Waals surface area (Å²) in [6, 6.07) is 19.9. The first-order valence-electron chi connectivity index (χ1n) is 7.18. The van der Waals surface area contributed by atoms with E-state index in [9.17, 15) is 9.18 Å². The van der Waals surface area contributed by atoms with Crippen LogP contribution in [0.4, 0.5) is 10.1 Å². The maximum absolute atomic E-state index is 13.0. The zero-order valence-corrected chi connectivity index (χ0v) is 13.1. The molecule has 3 aromatic rings. The fourth-order valence-electron chi connectivity index (χ4n) is 2.23. The highest BCUT2D eigenvalue weighted by Gasteiger charge is 2.11. The smallest absolute Gasteiger partial charge is 0.177 e. The predicted octanol–water partition coefficient (Wildman–Crippen LogP) is 5.06. The van der Waals surface area contributed by atoms with Crippen LogP contribution in [0, 0.1) is 5.13 Å². The maximum Gasteiger partial charge on any atom is 0.177 e. The quantitative estimate of drug-likeness (QED) is 0.476. The molecule has 114 valence electrons. The third kappa shape index (κ3) is 3.99. The zero-order chi connectivity index (χ0) is 16.1. The van der Waals surface area contributed by atoms with Crippen LogP contribution in [0.25, 0.3) is 0 Å². The summed E-state index contributed by atoms with van der Waals surface area (Å²) in [5.41, 5.74) is 2.14. The largest absolute Gasteiger partial charge is 0.294 e. The number of benzene rings is 2. The second-order valence-corrected chi connectivity index (χ2v) is 6.07. The molecule has 0 bridgehead atoms. The van der Waals surface area contributed by atoms with Crippen LogP contribution in [-0.4, -0.2) is 12.0 Å². The van der Waals surface area contributed by atoms with Crippen molar-refractivity contribution in [1.82, 2.24) is 0 Å². The molecule has 4 heteroatoms. The Morgan fingerprint density at radius 2 is 1.74 bits per heavy atom. The molecule has 1 heterocycles. The average Bonchev–Trinajstić information content (AvgIpc) is 2.99. The highest BCUT2D eigenvalue weighted by atomic mass is 32.1. The lowest BCUT2D eigenvalue weighted by Gasteiger charge is -2.05. The Hall–Kier alpha value is -2.59. The minimum Gasteiger partial charge on any atom is -0.294 e. The lowest BCUT2D eigenvalue weighted by Crippen LogP contribution is -2.03. The van der Waals surface area contributed by atoms with Gasteiger partial charge in [-0.2, -0.15) is 4.39 Å². The van der Waals surface area contributed by atoms with E-state index >= 15 is 0 Å². The Morgan fingerprint density at radius 3 is 2.48 bits per heavy atom. The van der Waals surface area contributed by atoms with E-state index in [1.165, 1.54) is 6.07 Å². The fraction of sp³-hybridized carbons (Fsp3) is 0.0526. The van der Waals surface area contributed by atoms with Gasteiger partial charge in [-0.3, -0.25) is 9.79 Å². The van der Waals surface area contributed by atoms with E-state index in [2.05, 4.69) is 4.99 Å². The molecule has 0 amide bonds. The number of ketones is 1. The molecule has 0 aliphatic heterocycles. The van der Waals surface area contributed by atoms with Gasteiger partial charge < -0.3 is 0 Å². The minimum absolute atomic E-state index is 0.0151. The summed E-state index contributed by atoms with van der Waals surface area (Å²) in [7, 11) is 0. The number of Topliss-reactive ketones (excluding diaryl/α,β-unsaturated/α-hetero) is 1. The number of thiophene rings is 1. The van der Waals surface area contributed by atoms with E-state index in [0.29, 0.717) is 22.5 Å². The van der Waals surface area contributed by atoms with Crippen LogP contribution >= 0.6 is 11.3 Å². The third-order valence-corrected chi connectivity index (χ3v) is 4.15. The highest BCUT2D eigenvalue weighted by Crippen LogP contribution is 2.21. The van der Waals surface area contributed by atoms with E-state index < -0.39 is 0 Å². The molecule has 0 unspecified atom stereocenters. The van der Waals surface area contributed by atoms with Crippen LogP contribution in [0.3, 0.4) is 0 Å². The number of rotatable bonds is 5. The lowest BCUT2D eigenvalue weighted by molar-refractivity contribution is 0.0993. The molecule has 0 aliphatic rings. The van der Waals surface area contributed by atoms with Gasteiger partial charge in [0.25, 0.3) is 0 Å². The van der Waals surface area contributed by atoms with Gasteiger partial charge in [-0.1, -0.05) is 42.5 Å². The van der Waals surface area contributed by atoms with Crippen LogP contribution in [0.15, 0.2) is 71.7 Å². The predicted molar refractivity (Wildman–Crippen MR) is 92.4 cm³/mol. The van der Waals surface area contributed by atoms with Crippen LogP contribution in [0.2, 0.25) is 0 Å². The number of hydrogen-bond acceptors (Lipinski definition) is 3. The monoisotopic (exact) mass is 323 g/mol. The Kier molecular flexibility index (Phi) is 4.74. The molecule has 1 aromatic heterocycles. The van der Waals surface area contributed by atoms with Gasteiger partial charge in [-0.25, -0.2) is 0 Å². The van der Waals surface area contributed by atoms with Crippen molar-refractivity contribution in [2.75, 3.05) is 0 Å². The molecular weight excluding hydrogens is 309 g/mol. The van der Waals surface area contributed by atoms with Gasteiger partial charge >= 0.3 is 0 Å². The SMILES string of the molecule is O=C(Cc1ccccc1)c1ccccc1N=Cc1ccc(F)s1. The van der Waals surface area contributed by atoms with Crippen molar-refractivity contribution < 1.29 is 9.18 Å². The van der Waals surface area contributed by atoms with Gasteiger partial charge in [0.15, 0.2) is 10.9 Å². The molecular formula is C19H14FNOS. The Labute approximate surface area is 138 Å². The van der Waals surface area contributed by atoms with E-state index in [-0.39, 0.29) is 10.9 Å². The van der Waals surface area contributed by atoms with Crippen molar-refractivity contribution in [3.8, 4) is 0 Å². The molecule has 3 rings (SSSR count). The first-order valence-corrected chi connectivity index (χ1v) is 7.99. The van der Waals surface area contributed by atoms with Gasteiger partial charge in [0.05, 0.1) is 5.69 Å². The molecule has 0 fully saturated rings. The number of carbonyl (C=O) groups is 1. The minimum atomic E-state index is -0.250. The number of nitrogens with zero attached hydrogens (tertiary/aromatic N) is 1. The molecule has 0 atom stereocenters. The van der Waals surface area contributed by atoms with Crippen LogP contribution in [-0.2, 0) is 6.42 Å². The summed E-state index contributed by atoms with van der Waals surface area (Å²) in [5.74, 6) is 0.0151. The number of hydrogen-bond donors (Lipinski definition) is 0. The normalized spacial score (nSPS) is 11.0. The highest BCUT2D eigenvalue weighted by molar-refractivity contribution is 7.12. The van der Waals surface area contributed by atoms with E-state index in [1.807, 2.05) is 42.5 Å². The standard InChI is InChI=1S/C19H14FNOS/c20-19-11-10-15(23-19)13-21-17-9-5-4-8-16(17)18(22)12-14-6-2-1-3-7-14/h1-11,13H,12H2. The molecule has 23 heavy (non-hydrogen) atoms. The van der Waals surface area contributed by atoms with Crippen molar-refractivity contribution in [2.24, 2.45) is 4.99 Å². The van der Waals surface area contributed by atoms with Crippen molar-refractivity contribution in [3.05, 3.63) is 87.9 Å². The molecule has 0 aliphatic carbocycles. The molecule has 2 nitrogen and oxygen atoms in total. The second-order valence-electron chi connectivity index (χ2n) is 5.00. The van der Waals surface area contributed by atoms with Crippen LogP contribution in [0.1, 0.15) is 20.8 Å². The van der Waals surface area contributed by atoms with Crippen LogP contribution in [0.5, 0.6) is 0 Å². The summed E-state index contributed by atoms with van der Waals surface area (Å²) in [4.78, 5) is 17.6. The van der Waals surface area contributed by atoms with Crippen molar-refractivity contribution in [2.45, 2.75) is 6.42 Å². The molecule has 2 aromatic carbocycles. The van der Waals surface area contributed by atoms with Gasteiger partial charge in [-0.05, 0) is 29.8 Å². The molecule has 0 radical (unpaired) electrons. The number of halogens is 1. The van der Waals surface area contributed by atoms with Gasteiger partial charge in [-0.15, -0.1) is 11.3 Å². The van der Waals surface area contributed by atoms with Gasteiger partial charge in [0, 0.05) is 23.1 Å². The summed E-state index contributed by atoms with van der Waals surface area (Å²) in [5, 5.41) is -0.250. The zero-order valence-electron chi connectivity index (χ0n) is 12.3. The summed E-state index contributed by atoms with van der Waals surface area (Å²) in [6.45, 7) is 0. The summed E-state index contributed by atoms with van der Waals surface area (Å²) >= 11 is 1.02. The molecule has 0 spiro atoms. The number of para-hydroxylation sites is 1. The second kappa shape index (κ2) is 7.11. The number of carbonyl (C=O) groups excluding carboxylic acids is 1. The molecule has 0 saturated carbocycles. The Balaban J connectivity index is 1.82. The molecule has 0 N–H and O–H groups in total. The lowest BCUT2D eigenvalue weighted by atomic mass is 10.0. The molecule has 0 saturated heterocycles. The van der Waals surface area contributed by atoms with E-state index in [4.69, 9.17) is 0 Å². The average molecular weight is 323 g/mol. The maximum atomic E-state index is 13.0. The fourth-order valence-corrected chi connectivity index (χ4v) is 2.83. The third-order valence-electron chi connectivity index (χ3n) is 3.34. The van der Waals surface area contributed by atoms with Crippen molar-refractivity contribution in [1.29, 1.82) is 0 Å². The Morgan fingerprint density at radius 1 is 1.00 bits per heavy atom. The summed E-state index contributed by atoms with van der Waals surface area (Å²) < 4.78 is 13.0. The van der Waals surface area contributed by atoms with Gasteiger partial charge in [0.1, 0.15) is 0 Å². The van der Waals surface area contributed by atoms with Gasteiger partial charge in [0.2, 0.25) is 0 Å².